The van der Waals surface area contributed by atoms with Crippen LogP contribution in [0.25, 0.3) is 44.3 Å². The van der Waals surface area contributed by atoms with Crippen LogP contribution in [0.3, 0.4) is 0 Å². The van der Waals surface area contributed by atoms with Crippen molar-refractivity contribution >= 4 is 55.4 Å². The van der Waals surface area contributed by atoms with Gasteiger partial charge in [0.25, 0.3) is 0 Å². The summed E-state index contributed by atoms with van der Waals surface area (Å²) in [6.07, 6.45) is 0. The zero-order valence-corrected chi connectivity index (χ0v) is 19.1. The maximum Gasteiger partial charge on any atom is 0.336 e. The van der Waals surface area contributed by atoms with Crippen LogP contribution < -0.4 is 5.73 Å². The van der Waals surface area contributed by atoms with Crippen molar-refractivity contribution in [3.8, 4) is 22.5 Å². The average molecular weight is 514 g/mol. The number of rotatable bonds is 4. The molecule has 0 aliphatic carbocycles. The van der Waals surface area contributed by atoms with Crippen molar-refractivity contribution in [2.45, 2.75) is 0 Å². The molecular weight excluding hydrogens is 498 g/mol. The van der Waals surface area contributed by atoms with E-state index >= 15 is 0 Å². The van der Waals surface area contributed by atoms with E-state index in [1.165, 1.54) is 12.1 Å². The molecule has 2 heterocycles. The Morgan fingerprint density at radius 3 is 1.76 bits per heavy atom. The number of nitrogens with two attached hydrogens (primary N) is 1. The van der Waals surface area contributed by atoms with Gasteiger partial charge in [-0.25, -0.2) is 19.6 Å². The van der Waals surface area contributed by atoms with Crippen molar-refractivity contribution in [2.75, 3.05) is 5.73 Å². The summed E-state index contributed by atoms with van der Waals surface area (Å²) in [5.41, 5.74) is 9.84. The zero-order valence-electron chi connectivity index (χ0n) is 17.5. The van der Waals surface area contributed by atoms with Crippen LogP contribution in [0, 0.1) is 0 Å². The SMILES string of the molecule is Nc1ccc(-c2cc(C(=O)O)c3cc(-c4cc(C(=O)O)c5cc(Br)ccc5n4)ccc3n2)cc1. The van der Waals surface area contributed by atoms with Gasteiger partial charge >= 0.3 is 11.9 Å². The molecular formula is C26H16BrN3O4. The van der Waals surface area contributed by atoms with Gasteiger partial charge in [0.05, 0.1) is 33.5 Å². The molecule has 7 nitrogen and oxygen atoms in total. The topological polar surface area (TPSA) is 126 Å². The fourth-order valence-corrected chi connectivity index (χ4v) is 4.25. The zero-order chi connectivity index (χ0) is 24.0. The minimum Gasteiger partial charge on any atom is -0.478 e. The van der Waals surface area contributed by atoms with Crippen LogP contribution in [0.4, 0.5) is 5.69 Å². The molecule has 0 radical (unpaired) electrons. The first kappa shape index (κ1) is 21.5. The molecule has 0 bridgehead atoms. The predicted molar refractivity (Wildman–Crippen MR) is 134 cm³/mol. The lowest BCUT2D eigenvalue weighted by Gasteiger charge is -2.11. The van der Waals surface area contributed by atoms with Gasteiger partial charge in [0.1, 0.15) is 0 Å². The molecule has 34 heavy (non-hydrogen) atoms. The molecule has 0 amide bonds. The fraction of sp³-hybridized carbons (Fsp3) is 0. The summed E-state index contributed by atoms with van der Waals surface area (Å²) < 4.78 is 0.747. The molecule has 2 aromatic heterocycles. The number of halogens is 1. The van der Waals surface area contributed by atoms with Gasteiger partial charge in [0.2, 0.25) is 0 Å². The van der Waals surface area contributed by atoms with Crippen molar-refractivity contribution < 1.29 is 19.8 Å². The lowest BCUT2D eigenvalue weighted by molar-refractivity contribution is 0.0688. The highest BCUT2D eigenvalue weighted by atomic mass is 79.9. The average Bonchev–Trinajstić information content (AvgIpc) is 2.82. The van der Waals surface area contributed by atoms with E-state index in [9.17, 15) is 19.8 Å². The molecule has 3 aromatic carbocycles. The van der Waals surface area contributed by atoms with Crippen molar-refractivity contribution in [1.82, 2.24) is 9.97 Å². The van der Waals surface area contributed by atoms with Crippen LogP contribution in [0.1, 0.15) is 20.7 Å². The second-order valence-electron chi connectivity index (χ2n) is 7.74. The first-order valence-electron chi connectivity index (χ1n) is 10.2. The Balaban J connectivity index is 1.71. The van der Waals surface area contributed by atoms with E-state index in [1.807, 2.05) is 0 Å². The number of hydrogen-bond donors (Lipinski definition) is 3. The highest BCUT2D eigenvalue weighted by Crippen LogP contribution is 2.31. The summed E-state index contributed by atoms with van der Waals surface area (Å²) in [6, 6.07) is 20.4. The minimum atomic E-state index is -1.09. The fourth-order valence-electron chi connectivity index (χ4n) is 3.89. The van der Waals surface area contributed by atoms with Gasteiger partial charge in [-0.05, 0) is 54.6 Å². The number of benzene rings is 3. The molecule has 0 aliphatic rings. The van der Waals surface area contributed by atoms with Crippen LogP contribution in [0.2, 0.25) is 0 Å². The Kier molecular flexibility index (Phi) is 5.22. The summed E-state index contributed by atoms with van der Waals surface area (Å²) in [6.45, 7) is 0. The molecule has 0 saturated heterocycles. The number of carboxylic acids is 2. The third kappa shape index (κ3) is 3.84. The number of nitrogen functional groups attached to an aromatic ring is 1. The van der Waals surface area contributed by atoms with Crippen LogP contribution in [-0.2, 0) is 0 Å². The van der Waals surface area contributed by atoms with Crippen LogP contribution in [0.5, 0.6) is 0 Å². The summed E-state index contributed by atoms with van der Waals surface area (Å²) in [5, 5.41) is 20.6. The van der Waals surface area contributed by atoms with E-state index in [4.69, 9.17) is 5.73 Å². The molecule has 5 rings (SSSR count). The first-order chi connectivity index (χ1) is 16.3. The Labute approximate surface area is 201 Å². The quantitative estimate of drug-likeness (QED) is 0.257. The van der Waals surface area contributed by atoms with E-state index in [1.54, 1.807) is 60.7 Å². The summed E-state index contributed by atoms with van der Waals surface area (Å²) >= 11 is 3.36. The van der Waals surface area contributed by atoms with Gasteiger partial charge in [-0.2, -0.15) is 0 Å². The third-order valence-corrected chi connectivity index (χ3v) is 6.04. The maximum atomic E-state index is 12.1. The summed E-state index contributed by atoms with van der Waals surface area (Å²) in [4.78, 5) is 33.3. The third-order valence-electron chi connectivity index (χ3n) is 5.54. The highest BCUT2D eigenvalue weighted by molar-refractivity contribution is 9.10. The second kappa shape index (κ2) is 8.24. The minimum absolute atomic E-state index is 0.0850. The predicted octanol–water partition coefficient (Wildman–Crippen LogP) is 5.86. The molecule has 0 unspecified atom stereocenters. The molecule has 0 spiro atoms. The Morgan fingerprint density at radius 2 is 1.18 bits per heavy atom. The summed E-state index contributed by atoms with van der Waals surface area (Å²) in [7, 11) is 0. The largest absolute Gasteiger partial charge is 0.478 e. The van der Waals surface area contributed by atoms with E-state index in [-0.39, 0.29) is 11.1 Å². The smallest absolute Gasteiger partial charge is 0.336 e. The van der Waals surface area contributed by atoms with E-state index in [2.05, 4.69) is 25.9 Å². The first-order valence-corrected chi connectivity index (χ1v) is 11.0. The molecule has 0 saturated carbocycles. The Morgan fingerprint density at radius 1 is 0.676 bits per heavy atom. The molecule has 0 atom stereocenters. The van der Waals surface area contributed by atoms with Gasteiger partial charge in [0, 0.05) is 32.1 Å². The molecule has 4 N–H and O–H groups in total. The lowest BCUT2D eigenvalue weighted by atomic mass is 9.99. The maximum absolute atomic E-state index is 12.1. The normalized spacial score (nSPS) is 11.1. The van der Waals surface area contributed by atoms with Crippen molar-refractivity contribution in [1.29, 1.82) is 0 Å². The van der Waals surface area contributed by atoms with Crippen molar-refractivity contribution in [3.05, 3.63) is 88.4 Å². The van der Waals surface area contributed by atoms with Gasteiger partial charge in [0.15, 0.2) is 0 Å². The second-order valence-corrected chi connectivity index (χ2v) is 8.65. The highest BCUT2D eigenvalue weighted by Gasteiger charge is 2.17. The molecule has 0 fully saturated rings. The summed E-state index contributed by atoms with van der Waals surface area (Å²) in [5.74, 6) is -2.17. The van der Waals surface area contributed by atoms with Crippen molar-refractivity contribution in [3.63, 3.8) is 0 Å². The Bertz CT molecular complexity index is 1630. The van der Waals surface area contributed by atoms with Gasteiger partial charge in [-0.15, -0.1) is 0 Å². The Hall–Kier alpha value is -4.30. The standard InChI is InChI=1S/C26H16BrN3O4/c27-15-4-8-22-18(10-15)20(26(33)34)12-24(30-22)14-3-7-21-17(9-14)19(25(31)32)11-23(29-21)13-1-5-16(28)6-2-13/h1-12H,28H2,(H,31,32)(H,33,34). The van der Waals surface area contributed by atoms with E-state index in [0.717, 1.165) is 10.0 Å². The number of carbonyl (C=O) groups is 2. The molecule has 8 heteroatoms. The monoisotopic (exact) mass is 513 g/mol. The van der Waals surface area contributed by atoms with Gasteiger partial charge in [-0.1, -0.05) is 34.1 Å². The number of carboxylic acid groups (broad SMARTS) is 2. The molecule has 166 valence electrons. The van der Waals surface area contributed by atoms with Crippen LogP contribution >= 0.6 is 15.9 Å². The van der Waals surface area contributed by atoms with E-state index in [0.29, 0.717) is 44.4 Å². The lowest BCUT2D eigenvalue weighted by Crippen LogP contribution is -2.02. The molecule has 0 aliphatic heterocycles. The van der Waals surface area contributed by atoms with Gasteiger partial charge < -0.3 is 15.9 Å². The van der Waals surface area contributed by atoms with E-state index < -0.39 is 11.9 Å². The number of pyridine rings is 2. The number of aromatic carboxylic acids is 2. The van der Waals surface area contributed by atoms with Crippen LogP contribution in [-0.4, -0.2) is 32.1 Å². The van der Waals surface area contributed by atoms with Gasteiger partial charge in [-0.3, -0.25) is 0 Å². The number of fused-ring (bicyclic) bond motifs is 2. The number of hydrogen-bond acceptors (Lipinski definition) is 5. The number of anilines is 1. The number of nitrogens with zero attached hydrogens (tertiary/aromatic N) is 2. The van der Waals surface area contributed by atoms with Crippen molar-refractivity contribution in [2.24, 2.45) is 0 Å². The van der Waals surface area contributed by atoms with Crippen LogP contribution in [0.15, 0.2) is 77.3 Å². The number of aromatic nitrogens is 2. The molecule has 5 aromatic rings.